The third-order valence-corrected chi connectivity index (χ3v) is 0.347. The van der Waals surface area contributed by atoms with Crippen LogP contribution in [0.4, 0.5) is 0 Å². The molecule has 6 heavy (non-hydrogen) atoms. The van der Waals surface area contributed by atoms with E-state index in [1.807, 2.05) is 0 Å². The van der Waals surface area contributed by atoms with E-state index < -0.39 is 0 Å². The molecule has 1 aromatic rings. The summed E-state index contributed by atoms with van der Waals surface area (Å²) in [6.07, 6.45) is 4.47. The van der Waals surface area contributed by atoms with E-state index in [-0.39, 0.29) is 29.6 Å². The first-order chi connectivity index (χ1) is 2.50. The average Bonchev–Trinajstić information content (AvgIpc) is 1.76. The van der Waals surface area contributed by atoms with Crippen molar-refractivity contribution in [2.24, 2.45) is 0 Å². The van der Waals surface area contributed by atoms with Crippen molar-refractivity contribution in [3.05, 3.63) is 18.9 Å². The van der Waals surface area contributed by atoms with Gasteiger partial charge in [0.25, 0.3) is 0 Å². The third-order valence-electron chi connectivity index (χ3n) is 0.347. The maximum absolute atomic E-state index is 4.47. The molecule has 0 bridgehead atoms. The molecule has 1 rings (SSSR count). The fourth-order valence-corrected chi connectivity index (χ4v) is 0.176. The Kier molecular flexibility index (Phi) is 3.52. The Balaban J connectivity index is 0.000000250. The van der Waals surface area contributed by atoms with Crippen molar-refractivity contribution in [3.63, 3.8) is 0 Å². The first kappa shape index (κ1) is 6.21. The van der Waals surface area contributed by atoms with Crippen molar-refractivity contribution in [2.45, 2.75) is 0 Å². The fraction of sp³-hybridized carbons (Fsp3) is 0. The van der Waals surface area contributed by atoms with Crippen LogP contribution in [0.5, 0.6) is 0 Å². The van der Waals surface area contributed by atoms with Gasteiger partial charge in [-0.05, 0) is 0 Å². The second-order valence-electron chi connectivity index (χ2n) is 0.676. The monoisotopic (exact) mass is 92.0 g/mol. The smallest absolute Gasteiger partial charge is 0.180 e. The third kappa shape index (κ3) is 1.60. The first-order valence-corrected chi connectivity index (χ1v) is 1.32. The molecule has 0 saturated heterocycles. The molecule has 0 aliphatic rings. The molecule has 2 nitrogen and oxygen atoms in total. The van der Waals surface area contributed by atoms with E-state index in [0.29, 0.717) is 0 Å². The number of oxazole rings is 1. The van der Waals surface area contributed by atoms with E-state index in [1.54, 1.807) is 6.20 Å². The summed E-state index contributed by atoms with van der Waals surface area (Å²) in [5, 5.41) is 0. The Labute approximate surface area is 57.9 Å². The zero-order valence-electron chi connectivity index (χ0n) is 3.59. The Bertz CT molecular complexity index is 67.3. The molecule has 0 aliphatic carbocycles. The van der Waals surface area contributed by atoms with Gasteiger partial charge in [-0.2, -0.15) is 0 Å². The zero-order valence-corrected chi connectivity index (χ0v) is 5.59. The van der Waals surface area contributed by atoms with Crippen LogP contribution in [0.2, 0.25) is 0 Å². The van der Waals surface area contributed by atoms with Crippen molar-refractivity contribution in [1.29, 1.82) is 0 Å². The number of aromatic nitrogens is 1. The normalized spacial score (nSPS) is 6.67. The van der Waals surface area contributed by atoms with Crippen molar-refractivity contribution < 1.29 is 4.42 Å². The average molecular weight is 92.1 g/mol. The van der Waals surface area contributed by atoms with Gasteiger partial charge in [-0.25, -0.2) is 4.98 Å². The van der Waals surface area contributed by atoms with E-state index in [1.165, 1.54) is 12.7 Å². The Morgan fingerprint density at radius 3 is 2.50 bits per heavy atom. The fourth-order valence-electron chi connectivity index (χ4n) is 0.176. The minimum Gasteiger partial charge on any atom is -0.452 e. The molecule has 0 amide bonds. The number of nitrogens with zero attached hydrogens (tertiary/aromatic N) is 1. The Morgan fingerprint density at radius 1 is 1.50 bits per heavy atom. The minimum atomic E-state index is 0. The molecule has 0 atom stereocenters. The summed E-state index contributed by atoms with van der Waals surface area (Å²) >= 11 is 0. The molecular weight excluding hydrogens is 89.0 g/mol. The quantitative estimate of drug-likeness (QED) is 0.430. The van der Waals surface area contributed by atoms with E-state index in [2.05, 4.69) is 9.40 Å². The topological polar surface area (TPSA) is 26.0 Å². The van der Waals surface area contributed by atoms with Crippen LogP contribution in [0, 0.1) is 0 Å². The van der Waals surface area contributed by atoms with Crippen LogP contribution >= 0.6 is 0 Å². The summed E-state index contributed by atoms with van der Waals surface area (Å²) < 4.78 is 4.47. The summed E-state index contributed by atoms with van der Waals surface area (Å²) in [5.41, 5.74) is 0. The SMILES string of the molecule is [Na].c1cocn1. The van der Waals surface area contributed by atoms with Crippen molar-refractivity contribution >= 4 is 29.6 Å². The molecule has 0 N–H and O–H groups in total. The maximum Gasteiger partial charge on any atom is 0.180 e. The van der Waals surface area contributed by atoms with Crippen molar-refractivity contribution in [1.82, 2.24) is 4.98 Å². The predicted molar refractivity (Wildman–Crippen MR) is 22.3 cm³/mol. The second-order valence-corrected chi connectivity index (χ2v) is 0.676. The molecule has 0 unspecified atom stereocenters. The first-order valence-electron chi connectivity index (χ1n) is 1.32. The number of rotatable bonds is 0. The van der Waals surface area contributed by atoms with Gasteiger partial charge >= 0.3 is 0 Å². The number of hydrogen-bond donors (Lipinski definition) is 0. The summed E-state index contributed by atoms with van der Waals surface area (Å²) in [4.78, 5) is 3.56. The largest absolute Gasteiger partial charge is 0.452 e. The summed E-state index contributed by atoms with van der Waals surface area (Å²) in [7, 11) is 0. The summed E-state index contributed by atoms with van der Waals surface area (Å²) in [6, 6.07) is 0. The Hall–Kier alpha value is 0.210. The van der Waals surface area contributed by atoms with Gasteiger partial charge in [-0.15, -0.1) is 0 Å². The van der Waals surface area contributed by atoms with Gasteiger partial charge in [0, 0.05) is 29.6 Å². The van der Waals surface area contributed by atoms with Crippen LogP contribution in [0.3, 0.4) is 0 Å². The molecule has 0 aliphatic heterocycles. The van der Waals surface area contributed by atoms with Crippen LogP contribution in [0.1, 0.15) is 0 Å². The molecule has 0 spiro atoms. The van der Waals surface area contributed by atoms with Crippen LogP contribution in [0.25, 0.3) is 0 Å². The molecule has 27 valence electrons. The Morgan fingerprint density at radius 2 is 2.33 bits per heavy atom. The van der Waals surface area contributed by atoms with Gasteiger partial charge in [-0.1, -0.05) is 0 Å². The van der Waals surface area contributed by atoms with E-state index in [4.69, 9.17) is 0 Å². The molecule has 1 heterocycles. The van der Waals surface area contributed by atoms with Gasteiger partial charge in [0.05, 0.1) is 6.20 Å². The molecule has 1 radical (unpaired) electrons. The number of hydrogen-bond acceptors (Lipinski definition) is 2. The van der Waals surface area contributed by atoms with Gasteiger partial charge < -0.3 is 4.42 Å². The maximum atomic E-state index is 4.47. The van der Waals surface area contributed by atoms with Crippen molar-refractivity contribution in [3.8, 4) is 0 Å². The van der Waals surface area contributed by atoms with Gasteiger partial charge in [-0.3, -0.25) is 0 Å². The molecule has 0 fully saturated rings. The molecule has 0 saturated carbocycles. The van der Waals surface area contributed by atoms with Gasteiger partial charge in [0.15, 0.2) is 6.39 Å². The zero-order chi connectivity index (χ0) is 3.54. The molecule has 3 heteroatoms. The van der Waals surface area contributed by atoms with E-state index in [0.717, 1.165) is 0 Å². The van der Waals surface area contributed by atoms with Crippen LogP contribution < -0.4 is 0 Å². The molecule has 1 aromatic heterocycles. The van der Waals surface area contributed by atoms with Crippen LogP contribution in [0.15, 0.2) is 23.3 Å². The van der Waals surface area contributed by atoms with Crippen LogP contribution in [-0.2, 0) is 0 Å². The van der Waals surface area contributed by atoms with Gasteiger partial charge in [0.1, 0.15) is 6.26 Å². The second kappa shape index (κ2) is 3.40. The van der Waals surface area contributed by atoms with Crippen LogP contribution in [-0.4, -0.2) is 34.5 Å². The predicted octanol–water partition coefficient (Wildman–Crippen LogP) is 0.294. The van der Waals surface area contributed by atoms with Crippen molar-refractivity contribution in [2.75, 3.05) is 0 Å². The standard InChI is InChI=1S/C3H3NO.Na/c1-2-5-3-4-1;/h1-3H;. The summed E-state index contributed by atoms with van der Waals surface area (Å²) in [6.45, 7) is 0. The van der Waals surface area contributed by atoms with E-state index >= 15 is 0 Å². The minimum absolute atomic E-state index is 0. The molecule has 0 aromatic carbocycles. The van der Waals surface area contributed by atoms with Gasteiger partial charge in [0.2, 0.25) is 0 Å². The van der Waals surface area contributed by atoms with E-state index in [9.17, 15) is 0 Å². The molecular formula is C3H3NNaO. The summed E-state index contributed by atoms with van der Waals surface area (Å²) in [5.74, 6) is 0.